The smallest absolute Gasteiger partial charge is 0.407 e. The molecule has 7 rings (SSSR count). The van der Waals surface area contributed by atoms with Gasteiger partial charge in [-0.15, -0.1) is 0 Å². The fourth-order valence-corrected chi connectivity index (χ4v) is 8.17. The molecule has 4 amide bonds. The summed E-state index contributed by atoms with van der Waals surface area (Å²) < 4.78 is 15.0. The molecular weight excluding hydrogens is 741 g/mol. The number of hydrogen-bond acceptors (Lipinski definition) is 9. The van der Waals surface area contributed by atoms with Crippen LogP contribution in [0, 0.1) is 5.92 Å². The lowest BCUT2D eigenvalue weighted by molar-refractivity contribution is -0.137. The number of methoxy groups -OCH3 is 3. The second-order valence-electron chi connectivity index (χ2n) is 15.2. The van der Waals surface area contributed by atoms with Crippen molar-refractivity contribution in [2.45, 2.75) is 83.1 Å². The van der Waals surface area contributed by atoms with Crippen LogP contribution in [0.3, 0.4) is 0 Å². The zero-order chi connectivity index (χ0) is 41.1. The number of amides is 4. The third-order valence-electron chi connectivity index (χ3n) is 11.8. The molecule has 58 heavy (non-hydrogen) atoms. The van der Waals surface area contributed by atoms with Crippen molar-refractivity contribution in [1.82, 2.24) is 40.4 Å². The minimum atomic E-state index is -0.901. The normalized spacial score (nSPS) is 18.9. The molecule has 4 N–H and O–H groups in total. The molecule has 0 spiro atoms. The molecule has 0 unspecified atom stereocenters. The maximum atomic E-state index is 13.7. The molecule has 5 aromatic rings. The maximum Gasteiger partial charge on any atom is 0.407 e. The third-order valence-corrected chi connectivity index (χ3v) is 11.8. The van der Waals surface area contributed by atoms with Gasteiger partial charge < -0.3 is 44.6 Å². The second kappa shape index (κ2) is 17.3. The predicted octanol–water partition coefficient (Wildman–Crippen LogP) is 6.63. The van der Waals surface area contributed by atoms with Crippen LogP contribution in [-0.2, 0) is 23.8 Å². The molecule has 2 fully saturated rings. The number of benzene rings is 3. The molecule has 2 aliphatic heterocycles. The summed E-state index contributed by atoms with van der Waals surface area (Å²) in [5.74, 6) is 0.992. The Balaban J connectivity index is 1.07. The minimum Gasteiger partial charge on any atom is -0.453 e. The number of likely N-dealkylation sites (tertiary alicyclic amines) is 2. The first-order valence-corrected chi connectivity index (χ1v) is 19.9. The highest BCUT2D eigenvalue weighted by Gasteiger charge is 2.40. The third kappa shape index (κ3) is 8.08. The number of rotatable bonds is 12. The van der Waals surface area contributed by atoms with Gasteiger partial charge in [-0.05, 0) is 84.7 Å². The highest BCUT2D eigenvalue weighted by Crippen LogP contribution is 2.36. The van der Waals surface area contributed by atoms with Gasteiger partial charge in [0.25, 0.3) is 0 Å². The molecule has 2 aliphatic rings. The van der Waals surface area contributed by atoms with Gasteiger partial charge in [-0.3, -0.25) is 9.59 Å². The SMILES string of the molecule is CC[C@H](C)[C@H](NC(=O)OC)C(=O)N1CCC[C@H]1c1ncc(-c2ccc3cc(-c4ccc5nc([C@@H]6CCCN6C(=O)[C@@H](NC(=O)OC)[C@@H](C)OC)[nH]c5c4)ccc3c2)[nH]1. The van der Waals surface area contributed by atoms with Crippen LogP contribution in [-0.4, -0.2) is 106 Å². The van der Waals surface area contributed by atoms with Gasteiger partial charge in [0, 0.05) is 25.8 Å². The van der Waals surface area contributed by atoms with Crippen molar-refractivity contribution in [1.29, 1.82) is 0 Å². The van der Waals surface area contributed by atoms with Crippen molar-refractivity contribution in [3.63, 3.8) is 0 Å². The van der Waals surface area contributed by atoms with Crippen LogP contribution >= 0.6 is 0 Å². The summed E-state index contributed by atoms with van der Waals surface area (Å²) in [6.45, 7) is 6.82. The van der Waals surface area contributed by atoms with Crippen LogP contribution in [0.2, 0.25) is 0 Å². The number of fused-ring (bicyclic) bond motifs is 2. The second-order valence-corrected chi connectivity index (χ2v) is 15.2. The predicted molar refractivity (Wildman–Crippen MR) is 219 cm³/mol. The first-order chi connectivity index (χ1) is 28.0. The van der Waals surface area contributed by atoms with Crippen molar-refractivity contribution in [3.05, 3.63) is 72.4 Å². The van der Waals surface area contributed by atoms with E-state index in [2.05, 4.69) is 69.1 Å². The number of H-pyrrole nitrogens is 2. The highest BCUT2D eigenvalue weighted by molar-refractivity contribution is 5.92. The topological polar surface area (TPSA) is 184 Å². The fourth-order valence-electron chi connectivity index (χ4n) is 8.17. The first kappa shape index (κ1) is 40.2. The molecule has 0 saturated carbocycles. The summed E-state index contributed by atoms with van der Waals surface area (Å²) in [5, 5.41) is 7.53. The Morgan fingerprint density at radius 2 is 1.33 bits per heavy atom. The van der Waals surface area contributed by atoms with Gasteiger partial charge >= 0.3 is 12.2 Å². The Morgan fingerprint density at radius 3 is 1.97 bits per heavy atom. The van der Waals surface area contributed by atoms with Crippen LogP contribution in [0.25, 0.3) is 44.2 Å². The largest absolute Gasteiger partial charge is 0.453 e. The van der Waals surface area contributed by atoms with Crippen molar-refractivity contribution in [2.75, 3.05) is 34.4 Å². The molecule has 4 heterocycles. The molecule has 2 saturated heterocycles. The van der Waals surface area contributed by atoms with Crippen molar-refractivity contribution < 1.29 is 33.4 Å². The number of imidazole rings is 2. The average molecular weight is 793 g/mol. The number of ether oxygens (including phenoxy) is 3. The minimum absolute atomic E-state index is 0.0600. The Morgan fingerprint density at radius 1 is 0.759 bits per heavy atom. The van der Waals surface area contributed by atoms with Crippen LogP contribution < -0.4 is 10.6 Å². The van der Waals surface area contributed by atoms with Crippen molar-refractivity contribution >= 4 is 45.8 Å². The van der Waals surface area contributed by atoms with E-state index in [9.17, 15) is 19.2 Å². The molecule has 0 radical (unpaired) electrons. The van der Waals surface area contributed by atoms with E-state index in [0.717, 1.165) is 82.1 Å². The fraction of sp³-hybridized carbons (Fsp3) is 0.442. The Bertz CT molecular complexity index is 2300. The number of hydrogen-bond donors (Lipinski definition) is 4. The number of aromatic nitrogens is 4. The summed E-state index contributed by atoms with van der Waals surface area (Å²) in [4.78, 5) is 71.8. The summed E-state index contributed by atoms with van der Waals surface area (Å²) >= 11 is 0. The van der Waals surface area contributed by atoms with E-state index in [1.807, 2.05) is 31.0 Å². The van der Waals surface area contributed by atoms with E-state index in [0.29, 0.717) is 18.9 Å². The quantitative estimate of drug-likeness (QED) is 0.108. The number of alkyl carbamates (subject to hydrolysis) is 2. The van der Waals surface area contributed by atoms with Gasteiger partial charge in [0.15, 0.2) is 0 Å². The zero-order valence-corrected chi connectivity index (χ0v) is 33.8. The van der Waals surface area contributed by atoms with E-state index in [4.69, 9.17) is 24.2 Å². The van der Waals surface area contributed by atoms with E-state index >= 15 is 0 Å². The van der Waals surface area contributed by atoms with E-state index in [1.165, 1.54) is 21.3 Å². The molecule has 0 bridgehead atoms. The lowest BCUT2D eigenvalue weighted by Crippen LogP contribution is -2.54. The molecule has 2 aromatic heterocycles. The van der Waals surface area contributed by atoms with Gasteiger partial charge in [0.05, 0.1) is 55.3 Å². The van der Waals surface area contributed by atoms with Gasteiger partial charge in [0.2, 0.25) is 11.8 Å². The standard InChI is InChI=1S/C43H52N8O7/c1-7-24(2)36(48-42(54)57-5)40(52)50-18-8-10-34(50)38-44-23-33(47-38)30-15-14-26-20-27(12-13-28(26)21-30)29-16-17-31-32(22-29)46-39(45-31)35-11-9-19-51(35)41(53)37(25(3)56-4)49-43(55)58-6/h12-17,20-25,34-37H,7-11,18-19H2,1-6H3,(H,44,47)(H,45,46)(H,48,54)(H,49,55)/t24-,25+,34-,35-,36-,37-/m0/s1. The number of nitrogens with zero attached hydrogens (tertiary/aromatic N) is 4. The van der Waals surface area contributed by atoms with Gasteiger partial charge in [0.1, 0.15) is 23.7 Å². The Kier molecular flexibility index (Phi) is 12.0. The van der Waals surface area contributed by atoms with Gasteiger partial charge in [-0.25, -0.2) is 19.6 Å². The summed E-state index contributed by atoms with van der Waals surface area (Å²) in [6, 6.07) is 16.7. The van der Waals surface area contributed by atoms with Crippen LogP contribution in [0.1, 0.15) is 76.6 Å². The van der Waals surface area contributed by atoms with Crippen LogP contribution in [0.4, 0.5) is 9.59 Å². The molecule has 0 aliphatic carbocycles. The molecule has 306 valence electrons. The highest BCUT2D eigenvalue weighted by atomic mass is 16.5. The number of carbonyl (C=O) groups excluding carboxylic acids is 4. The van der Waals surface area contributed by atoms with Crippen LogP contribution in [0.5, 0.6) is 0 Å². The van der Waals surface area contributed by atoms with Crippen molar-refractivity contribution in [3.8, 4) is 22.4 Å². The van der Waals surface area contributed by atoms with E-state index in [1.54, 1.807) is 11.8 Å². The number of carbonyl (C=O) groups is 4. The van der Waals surface area contributed by atoms with Crippen LogP contribution in [0.15, 0.2) is 60.8 Å². The Labute approximate surface area is 337 Å². The summed E-state index contributed by atoms with van der Waals surface area (Å²) in [5.41, 5.74) is 5.58. The molecular formula is C43H52N8O7. The molecule has 15 nitrogen and oxygen atoms in total. The van der Waals surface area contributed by atoms with Gasteiger partial charge in [-0.1, -0.05) is 50.6 Å². The monoisotopic (exact) mass is 792 g/mol. The maximum absolute atomic E-state index is 13.7. The average Bonchev–Trinajstić information content (AvgIpc) is 4.09. The summed E-state index contributed by atoms with van der Waals surface area (Å²) in [6.07, 6.45) is 3.85. The number of nitrogens with one attached hydrogen (secondary N) is 4. The van der Waals surface area contributed by atoms with Gasteiger partial charge in [-0.2, -0.15) is 0 Å². The van der Waals surface area contributed by atoms with E-state index < -0.39 is 30.4 Å². The van der Waals surface area contributed by atoms with Crippen molar-refractivity contribution in [2.24, 2.45) is 5.92 Å². The molecule has 15 heteroatoms. The lowest BCUT2D eigenvalue weighted by Gasteiger charge is -2.30. The molecule has 3 aromatic carbocycles. The summed E-state index contributed by atoms with van der Waals surface area (Å²) in [7, 11) is 4.06. The first-order valence-electron chi connectivity index (χ1n) is 19.9. The Hall–Kier alpha value is -5.96. The lowest BCUT2D eigenvalue weighted by atomic mass is 9.97. The van der Waals surface area contributed by atoms with E-state index in [-0.39, 0.29) is 29.8 Å². The molecule has 6 atom stereocenters. The zero-order valence-electron chi connectivity index (χ0n) is 33.8. The number of aromatic amines is 2.